The first-order valence-electron chi connectivity index (χ1n) is 10.6. The Balaban J connectivity index is 1.62. The van der Waals surface area contributed by atoms with Gasteiger partial charge in [0.1, 0.15) is 5.71 Å². The van der Waals surface area contributed by atoms with Gasteiger partial charge in [-0.15, -0.1) is 0 Å². The van der Waals surface area contributed by atoms with Gasteiger partial charge in [-0.05, 0) is 11.5 Å². The maximum atomic E-state index is 13.5. The van der Waals surface area contributed by atoms with Crippen molar-refractivity contribution in [3.8, 4) is 0 Å². The molecule has 1 fully saturated rings. The maximum Gasteiger partial charge on any atom is 0.342 e. The predicted octanol–water partition coefficient (Wildman–Crippen LogP) is 2.81. The van der Waals surface area contributed by atoms with E-state index in [1.165, 1.54) is 0 Å². The number of nitrogens with zero attached hydrogens (tertiary/aromatic N) is 2. The van der Waals surface area contributed by atoms with Gasteiger partial charge >= 0.3 is 17.8 Å². The Bertz CT molecular complexity index is 1110. The van der Waals surface area contributed by atoms with E-state index in [-0.39, 0.29) is 31.6 Å². The molecule has 1 aromatic heterocycles. The van der Waals surface area contributed by atoms with Gasteiger partial charge in [-0.1, -0.05) is 50.2 Å². The number of cyclic esters (lactones) is 1. The molecule has 3 heterocycles. The highest BCUT2D eigenvalue weighted by atomic mass is 16.8. The van der Waals surface area contributed by atoms with Crippen LogP contribution in [0.5, 0.6) is 0 Å². The van der Waals surface area contributed by atoms with Crippen LogP contribution >= 0.6 is 0 Å². The number of fused-ring (bicyclic) bond motifs is 1. The molecule has 1 aromatic carbocycles. The van der Waals surface area contributed by atoms with Gasteiger partial charge in [0.15, 0.2) is 0 Å². The molecule has 2 aromatic rings. The van der Waals surface area contributed by atoms with E-state index >= 15 is 0 Å². The number of esters is 2. The number of rotatable bonds is 6. The number of ether oxygens (including phenoxy) is 2. The van der Waals surface area contributed by atoms with Crippen LogP contribution in [0.25, 0.3) is 10.8 Å². The van der Waals surface area contributed by atoms with E-state index in [1.807, 2.05) is 44.2 Å². The minimum Gasteiger partial charge on any atom is -0.403 e. The summed E-state index contributed by atoms with van der Waals surface area (Å²) in [5.41, 5.74) is -0.208. The summed E-state index contributed by atoms with van der Waals surface area (Å²) in [5.74, 6) is -3.87. The number of carbonyl (C=O) groups is 3. The highest BCUT2D eigenvalue weighted by Crippen LogP contribution is 2.36. The molecule has 32 heavy (non-hydrogen) atoms. The van der Waals surface area contributed by atoms with Crippen molar-refractivity contribution >= 4 is 34.3 Å². The minimum atomic E-state index is -1.84. The molecular formula is C23H25N3O6. The van der Waals surface area contributed by atoms with Crippen LogP contribution in [0.1, 0.15) is 52.1 Å². The zero-order valence-electron chi connectivity index (χ0n) is 18.2. The Kier molecular flexibility index (Phi) is 5.58. The maximum absolute atomic E-state index is 13.5. The fourth-order valence-corrected chi connectivity index (χ4v) is 3.89. The summed E-state index contributed by atoms with van der Waals surface area (Å²) in [5, 5.41) is 8.73. The monoisotopic (exact) mass is 439 g/mol. The van der Waals surface area contributed by atoms with Crippen LogP contribution in [0, 0.1) is 5.92 Å². The van der Waals surface area contributed by atoms with E-state index in [2.05, 4.69) is 15.5 Å². The first-order chi connectivity index (χ1) is 15.3. The van der Waals surface area contributed by atoms with Gasteiger partial charge in [-0.25, -0.2) is 0 Å². The Morgan fingerprint density at radius 3 is 2.72 bits per heavy atom. The Hall–Kier alpha value is -3.49. The molecule has 9 heteroatoms. The summed E-state index contributed by atoms with van der Waals surface area (Å²) >= 11 is 0. The lowest BCUT2D eigenvalue weighted by Gasteiger charge is -2.34. The first-order valence-corrected chi connectivity index (χ1v) is 10.6. The molecule has 1 N–H and O–H groups in total. The second-order valence-electron chi connectivity index (χ2n) is 8.24. The number of oxime groups is 1. The molecule has 2 atom stereocenters. The van der Waals surface area contributed by atoms with Crippen molar-refractivity contribution in [1.82, 2.24) is 10.3 Å². The number of amides is 1. The summed E-state index contributed by atoms with van der Waals surface area (Å²) in [6, 6.07) is 9.65. The summed E-state index contributed by atoms with van der Waals surface area (Å²) < 4.78 is 10.5. The largest absolute Gasteiger partial charge is 0.403 e. The molecule has 2 aliphatic rings. The van der Waals surface area contributed by atoms with Gasteiger partial charge in [0, 0.05) is 30.3 Å². The third-order valence-corrected chi connectivity index (χ3v) is 5.82. The zero-order chi connectivity index (χ0) is 22.9. The second-order valence-corrected chi connectivity index (χ2v) is 8.24. The van der Waals surface area contributed by atoms with Gasteiger partial charge in [0.05, 0.1) is 18.5 Å². The standard InChI is InChI=1S/C23H25N3O6/c1-4-18(27)30-23(11-9-19(28)31-23)25-21(29)22(14(2)3)13-17(26-32-22)20-16-8-6-5-7-15(16)10-12-24-20/h5-8,10,12,14H,4,9,11,13H2,1-3H3,(H,25,29)/t22-,23?/m1/s1. The van der Waals surface area contributed by atoms with E-state index in [9.17, 15) is 14.4 Å². The van der Waals surface area contributed by atoms with Crippen molar-refractivity contribution in [3.63, 3.8) is 0 Å². The van der Waals surface area contributed by atoms with Crippen LogP contribution in [0.15, 0.2) is 41.7 Å². The molecule has 0 saturated carbocycles. The van der Waals surface area contributed by atoms with Gasteiger partial charge in [0.2, 0.25) is 5.60 Å². The average molecular weight is 439 g/mol. The summed E-state index contributed by atoms with van der Waals surface area (Å²) in [6.07, 6.45) is 1.96. The lowest BCUT2D eigenvalue weighted by Crippen LogP contribution is -2.60. The van der Waals surface area contributed by atoms with Crippen LogP contribution in [-0.2, 0) is 28.7 Å². The molecule has 168 valence electrons. The van der Waals surface area contributed by atoms with Crippen molar-refractivity contribution < 1.29 is 28.7 Å². The normalized spacial score (nSPS) is 24.8. The van der Waals surface area contributed by atoms with E-state index in [0.717, 1.165) is 10.8 Å². The minimum absolute atomic E-state index is 0.0223. The molecule has 1 amide bonds. The van der Waals surface area contributed by atoms with Crippen molar-refractivity contribution in [1.29, 1.82) is 0 Å². The topological polar surface area (TPSA) is 116 Å². The van der Waals surface area contributed by atoms with Gasteiger partial charge in [-0.2, -0.15) is 0 Å². The second kappa shape index (κ2) is 8.22. The molecule has 9 nitrogen and oxygen atoms in total. The summed E-state index contributed by atoms with van der Waals surface area (Å²) in [6.45, 7) is 5.28. The zero-order valence-corrected chi connectivity index (χ0v) is 18.2. The SMILES string of the molecule is CCC(=O)OC1(NC(=O)[C@]2(C(C)C)CC(c3nccc4ccccc34)=NO2)CCC(=O)O1. The van der Waals surface area contributed by atoms with Crippen molar-refractivity contribution in [3.05, 3.63) is 42.2 Å². The smallest absolute Gasteiger partial charge is 0.342 e. The van der Waals surface area contributed by atoms with Gasteiger partial charge in [0.25, 0.3) is 5.91 Å². The Morgan fingerprint density at radius 2 is 2.03 bits per heavy atom. The third kappa shape index (κ3) is 3.79. The van der Waals surface area contributed by atoms with Crippen LogP contribution in [0.3, 0.4) is 0 Å². The Morgan fingerprint density at radius 1 is 1.25 bits per heavy atom. The highest BCUT2D eigenvalue weighted by molar-refractivity contribution is 6.11. The molecular weight excluding hydrogens is 414 g/mol. The fourth-order valence-electron chi connectivity index (χ4n) is 3.89. The fraction of sp³-hybridized carbons (Fsp3) is 0.435. The van der Waals surface area contributed by atoms with E-state index in [1.54, 1.807) is 13.1 Å². The number of hydrogen-bond donors (Lipinski definition) is 1. The van der Waals surface area contributed by atoms with Crippen LogP contribution in [-0.4, -0.2) is 40.1 Å². The summed E-state index contributed by atoms with van der Waals surface area (Å²) in [7, 11) is 0. The predicted molar refractivity (Wildman–Crippen MR) is 114 cm³/mol. The number of benzene rings is 1. The van der Waals surface area contributed by atoms with Gasteiger partial charge in [-0.3, -0.25) is 24.7 Å². The van der Waals surface area contributed by atoms with E-state index in [0.29, 0.717) is 11.4 Å². The number of hydrogen-bond acceptors (Lipinski definition) is 8. The highest BCUT2D eigenvalue weighted by Gasteiger charge is 2.55. The molecule has 1 saturated heterocycles. The quantitative estimate of drug-likeness (QED) is 0.543. The van der Waals surface area contributed by atoms with Crippen molar-refractivity contribution in [2.45, 2.75) is 58.0 Å². The number of aromatic nitrogens is 1. The number of nitrogens with one attached hydrogen (secondary N) is 1. The van der Waals surface area contributed by atoms with Crippen molar-refractivity contribution in [2.24, 2.45) is 11.1 Å². The third-order valence-electron chi connectivity index (χ3n) is 5.82. The first kappa shape index (κ1) is 21.7. The molecule has 0 spiro atoms. The molecule has 2 aliphatic heterocycles. The molecule has 0 aliphatic carbocycles. The van der Waals surface area contributed by atoms with Gasteiger partial charge < -0.3 is 14.3 Å². The van der Waals surface area contributed by atoms with Crippen molar-refractivity contribution in [2.75, 3.05) is 0 Å². The van der Waals surface area contributed by atoms with Crippen LogP contribution in [0.2, 0.25) is 0 Å². The molecule has 0 bridgehead atoms. The number of pyridine rings is 1. The van der Waals surface area contributed by atoms with E-state index < -0.39 is 29.4 Å². The molecule has 4 rings (SSSR count). The number of carbonyl (C=O) groups excluding carboxylic acids is 3. The lowest BCUT2D eigenvalue weighted by molar-refractivity contribution is -0.228. The van der Waals surface area contributed by atoms with Crippen LogP contribution < -0.4 is 5.32 Å². The Labute approximate surface area is 185 Å². The average Bonchev–Trinajstić information content (AvgIpc) is 3.38. The molecule has 0 radical (unpaired) electrons. The lowest BCUT2D eigenvalue weighted by atomic mass is 9.83. The summed E-state index contributed by atoms with van der Waals surface area (Å²) in [4.78, 5) is 47.4. The molecule has 1 unspecified atom stereocenters. The van der Waals surface area contributed by atoms with E-state index in [4.69, 9.17) is 14.3 Å². The van der Waals surface area contributed by atoms with Crippen LogP contribution in [0.4, 0.5) is 0 Å².